The molecule has 0 saturated carbocycles. The van der Waals surface area contributed by atoms with E-state index in [1.807, 2.05) is 54.6 Å². The lowest BCUT2D eigenvalue weighted by Gasteiger charge is -2.33. The van der Waals surface area contributed by atoms with Crippen LogP contribution in [0.15, 0.2) is 119 Å². The van der Waals surface area contributed by atoms with Crippen molar-refractivity contribution in [3.8, 4) is 0 Å². The van der Waals surface area contributed by atoms with Gasteiger partial charge >= 0.3 is 0 Å². The standard InChI is InChI=1S/C31H29BrFN3O4S/c1-34-31(38)29(20-23-8-4-2-5-9-23)35(21-24-12-14-25(32)15-13-24)30(37)22-36(27-10-6-3-7-11-27)41(39,40)28-18-16-26(33)17-19-28/h2-19,29H,20-22H2,1H3,(H,34,38). The Morgan fingerprint density at radius 2 is 1.41 bits per heavy atom. The van der Waals surface area contributed by atoms with Crippen molar-refractivity contribution in [2.75, 3.05) is 17.9 Å². The van der Waals surface area contributed by atoms with Gasteiger partial charge < -0.3 is 10.2 Å². The van der Waals surface area contributed by atoms with E-state index in [0.717, 1.165) is 44.2 Å². The molecule has 4 aromatic carbocycles. The van der Waals surface area contributed by atoms with E-state index in [2.05, 4.69) is 21.2 Å². The smallest absolute Gasteiger partial charge is 0.264 e. The molecule has 1 N–H and O–H groups in total. The largest absolute Gasteiger partial charge is 0.357 e. The van der Waals surface area contributed by atoms with Crippen molar-refractivity contribution in [3.63, 3.8) is 0 Å². The molecule has 0 radical (unpaired) electrons. The van der Waals surface area contributed by atoms with Gasteiger partial charge in [0.05, 0.1) is 10.6 Å². The fourth-order valence-corrected chi connectivity index (χ4v) is 6.04. The maximum Gasteiger partial charge on any atom is 0.264 e. The van der Waals surface area contributed by atoms with Crippen LogP contribution >= 0.6 is 15.9 Å². The number of rotatable bonds is 11. The molecule has 0 aromatic heterocycles. The molecule has 1 atom stereocenters. The second-order valence-electron chi connectivity index (χ2n) is 9.27. The van der Waals surface area contributed by atoms with E-state index in [0.29, 0.717) is 0 Å². The number of carbonyl (C=O) groups is 2. The highest BCUT2D eigenvalue weighted by Crippen LogP contribution is 2.25. The number of amides is 2. The number of benzene rings is 4. The normalized spacial score (nSPS) is 11.9. The van der Waals surface area contributed by atoms with Crippen LogP contribution in [0.2, 0.25) is 0 Å². The molecule has 4 rings (SSSR count). The zero-order valence-corrected chi connectivity index (χ0v) is 24.7. The number of likely N-dealkylation sites (N-methyl/N-ethyl adjacent to an activating group) is 1. The topological polar surface area (TPSA) is 86.8 Å². The molecule has 0 fully saturated rings. The van der Waals surface area contributed by atoms with Crippen molar-refractivity contribution in [1.82, 2.24) is 10.2 Å². The molecule has 0 bridgehead atoms. The van der Waals surface area contributed by atoms with Gasteiger partial charge in [0.15, 0.2) is 0 Å². The molecule has 41 heavy (non-hydrogen) atoms. The molecule has 2 amide bonds. The monoisotopic (exact) mass is 637 g/mol. The summed E-state index contributed by atoms with van der Waals surface area (Å²) >= 11 is 3.41. The molecule has 0 heterocycles. The number of anilines is 1. The Labute approximate surface area is 247 Å². The average Bonchev–Trinajstić information content (AvgIpc) is 2.99. The first-order valence-electron chi connectivity index (χ1n) is 12.8. The lowest BCUT2D eigenvalue weighted by Crippen LogP contribution is -2.53. The highest BCUT2D eigenvalue weighted by molar-refractivity contribution is 9.10. The molecule has 1 unspecified atom stereocenters. The maximum absolute atomic E-state index is 14.2. The summed E-state index contributed by atoms with van der Waals surface area (Å²) in [4.78, 5) is 28.6. The Morgan fingerprint density at radius 3 is 2.00 bits per heavy atom. The lowest BCUT2D eigenvalue weighted by atomic mass is 10.0. The Kier molecular flexibility index (Phi) is 9.91. The summed E-state index contributed by atoms with van der Waals surface area (Å²) in [5.41, 5.74) is 1.86. The van der Waals surface area contributed by atoms with E-state index in [1.54, 1.807) is 30.3 Å². The van der Waals surface area contributed by atoms with Crippen molar-refractivity contribution in [2.24, 2.45) is 0 Å². The minimum absolute atomic E-state index is 0.0657. The number of para-hydroxylation sites is 1. The number of nitrogens with zero attached hydrogens (tertiary/aromatic N) is 2. The molecule has 10 heteroatoms. The van der Waals surface area contributed by atoms with E-state index >= 15 is 0 Å². The molecule has 4 aromatic rings. The molecule has 0 saturated heterocycles. The van der Waals surface area contributed by atoms with Crippen LogP contribution in [0, 0.1) is 5.82 Å². The minimum Gasteiger partial charge on any atom is -0.357 e. The lowest BCUT2D eigenvalue weighted by molar-refractivity contribution is -0.139. The third kappa shape index (κ3) is 7.59. The molecular weight excluding hydrogens is 609 g/mol. The zero-order valence-electron chi connectivity index (χ0n) is 22.3. The number of hydrogen-bond acceptors (Lipinski definition) is 4. The van der Waals surface area contributed by atoms with Gasteiger partial charge in [-0.25, -0.2) is 12.8 Å². The second kappa shape index (κ2) is 13.6. The van der Waals surface area contributed by atoms with E-state index in [9.17, 15) is 22.4 Å². The van der Waals surface area contributed by atoms with Crippen LogP contribution in [0.5, 0.6) is 0 Å². The molecule has 7 nitrogen and oxygen atoms in total. The van der Waals surface area contributed by atoms with Gasteiger partial charge in [0.2, 0.25) is 11.8 Å². The molecule has 0 aliphatic rings. The third-order valence-electron chi connectivity index (χ3n) is 6.51. The summed E-state index contributed by atoms with van der Waals surface area (Å²) in [5, 5.41) is 2.65. The first-order valence-corrected chi connectivity index (χ1v) is 15.0. The predicted molar refractivity (Wildman–Crippen MR) is 160 cm³/mol. The summed E-state index contributed by atoms with van der Waals surface area (Å²) in [5.74, 6) is -1.54. The summed E-state index contributed by atoms with van der Waals surface area (Å²) in [7, 11) is -2.78. The average molecular weight is 639 g/mol. The summed E-state index contributed by atoms with van der Waals surface area (Å²) in [6, 6.07) is 28.3. The highest BCUT2D eigenvalue weighted by atomic mass is 79.9. The van der Waals surface area contributed by atoms with Crippen LogP contribution in [0.1, 0.15) is 11.1 Å². The van der Waals surface area contributed by atoms with Crippen molar-refractivity contribution < 1.29 is 22.4 Å². The van der Waals surface area contributed by atoms with Crippen LogP contribution in [0.25, 0.3) is 0 Å². The van der Waals surface area contributed by atoms with Crippen LogP contribution < -0.4 is 9.62 Å². The number of sulfonamides is 1. The van der Waals surface area contributed by atoms with E-state index in [-0.39, 0.29) is 29.5 Å². The SMILES string of the molecule is CNC(=O)C(Cc1ccccc1)N(Cc1ccc(Br)cc1)C(=O)CN(c1ccccc1)S(=O)(=O)c1ccc(F)cc1. The predicted octanol–water partition coefficient (Wildman–Crippen LogP) is 5.17. The number of carbonyl (C=O) groups excluding carboxylic acids is 2. The first kappa shape index (κ1) is 30.0. The Morgan fingerprint density at radius 1 is 0.829 bits per heavy atom. The van der Waals surface area contributed by atoms with E-state index in [4.69, 9.17) is 0 Å². The fourth-order valence-electron chi connectivity index (χ4n) is 4.36. The quantitative estimate of drug-likeness (QED) is 0.246. The van der Waals surface area contributed by atoms with Crippen molar-refractivity contribution in [3.05, 3.63) is 131 Å². The Balaban J connectivity index is 1.76. The van der Waals surface area contributed by atoms with Crippen molar-refractivity contribution >= 4 is 43.5 Å². The van der Waals surface area contributed by atoms with Gasteiger partial charge in [-0.05, 0) is 59.7 Å². The zero-order chi connectivity index (χ0) is 29.4. The first-order chi connectivity index (χ1) is 19.7. The van der Waals surface area contributed by atoms with Crippen LogP contribution in [0.3, 0.4) is 0 Å². The summed E-state index contributed by atoms with van der Waals surface area (Å²) < 4.78 is 43.0. The number of nitrogens with one attached hydrogen (secondary N) is 1. The Bertz CT molecular complexity index is 1570. The van der Waals surface area contributed by atoms with Gasteiger partial charge in [-0.1, -0.05) is 76.6 Å². The second-order valence-corrected chi connectivity index (χ2v) is 12.0. The third-order valence-corrected chi connectivity index (χ3v) is 8.83. The van der Waals surface area contributed by atoms with E-state index < -0.39 is 34.3 Å². The van der Waals surface area contributed by atoms with Crippen molar-refractivity contribution in [2.45, 2.75) is 23.9 Å². The van der Waals surface area contributed by atoms with Gasteiger partial charge in [-0.15, -0.1) is 0 Å². The van der Waals surface area contributed by atoms with Crippen molar-refractivity contribution in [1.29, 1.82) is 0 Å². The minimum atomic E-state index is -4.28. The summed E-state index contributed by atoms with van der Waals surface area (Å²) in [6.45, 7) is -0.515. The van der Waals surface area contributed by atoms with Gasteiger partial charge in [-0.2, -0.15) is 0 Å². The van der Waals surface area contributed by atoms with Crippen LogP contribution in [-0.2, 0) is 32.6 Å². The van der Waals surface area contributed by atoms with E-state index in [1.165, 1.54) is 11.9 Å². The van der Waals surface area contributed by atoms with Gasteiger partial charge in [0, 0.05) is 24.5 Å². The number of hydrogen-bond donors (Lipinski definition) is 1. The molecular formula is C31H29BrFN3O4S. The maximum atomic E-state index is 14.2. The number of halogens is 2. The van der Waals surface area contributed by atoms with Crippen LogP contribution in [-0.4, -0.2) is 44.8 Å². The molecule has 212 valence electrons. The molecule has 0 spiro atoms. The Hall–Kier alpha value is -4.02. The van der Waals surface area contributed by atoms with Gasteiger partial charge in [0.25, 0.3) is 10.0 Å². The van der Waals surface area contributed by atoms with Crippen LogP contribution in [0.4, 0.5) is 10.1 Å². The fraction of sp³-hybridized carbons (Fsp3) is 0.161. The van der Waals surface area contributed by atoms with Gasteiger partial charge in [0.1, 0.15) is 18.4 Å². The molecule has 0 aliphatic heterocycles. The molecule has 0 aliphatic carbocycles. The van der Waals surface area contributed by atoms with Gasteiger partial charge in [-0.3, -0.25) is 13.9 Å². The summed E-state index contributed by atoms with van der Waals surface area (Å²) in [6.07, 6.45) is 0.221. The highest BCUT2D eigenvalue weighted by Gasteiger charge is 2.34.